The maximum Gasteiger partial charge on any atom is 1.00 e. The van der Waals surface area contributed by atoms with Gasteiger partial charge in [0.05, 0.1) is 0 Å². The smallest absolute Gasteiger partial charge is 0.550 e. The van der Waals surface area contributed by atoms with Crippen LogP contribution in [0.25, 0.3) is 0 Å². The Morgan fingerprint density at radius 3 is 2.30 bits per heavy atom. The number of carbonyl (C=O) groups excluding carboxylic acids is 1. The maximum atomic E-state index is 9.85. The van der Waals surface area contributed by atoms with Crippen LogP contribution < -0.4 is 34.7 Å². The molecular formula is C7H13NaO2. The molecule has 0 fully saturated rings. The molecule has 0 aliphatic heterocycles. The van der Waals surface area contributed by atoms with Gasteiger partial charge in [-0.25, -0.2) is 0 Å². The van der Waals surface area contributed by atoms with Gasteiger partial charge >= 0.3 is 29.6 Å². The zero-order chi connectivity index (χ0) is 7.11. The standard InChI is InChI=1S/C7H14O2.Na/c1-2-3-4-5-6-7(8)9;/h2-6H2,1H3,(H,8,9);/q;+1/p-1/i7+2;. The topological polar surface area (TPSA) is 40.1 Å². The van der Waals surface area contributed by atoms with Crippen molar-refractivity contribution in [1.29, 1.82) is 0 Å². The van der Waals surface area contributed by atoms with Crippen molar-refractivity contribution in [2.45, 2.75) is 39.0 Å². The van der Waals surface area contributed by atoms with Crippen molar-refractivity contribution in [2.75, 3.05) is 0 Å². The quantitative estimate of drug-likeness (QED) is 0.330. The number of hydrogen-bond acceptors (Lipinski definition) is 2. The summed E-state index contributed by atoms with van der Waals surface area (Å²) in [6.45, 7) is 2.10. The summed E-state index contributed by atoms with van der Waals surface area (Å²) in [7, 11) is 0. The average molecular weight is 154 g/mol. The van der Waals surface area contributed by atoms with E-state index in [9.17, 15) is 9.90 Å². The molecular weight excluding hydrogens is 141 g/mol. The van der Waals surface area contributed by atoms with Gasteiger partial charge in [-0.05, 0) is 12.8 Å². The second-order valence-electron chi connectivity index (χ2n) is 2.18. The van der Waals surface area contributed by atoms with E-state index in [4.69, 9.17) is 0 Å². The van der Waals surface area contributed by atoms with E-state index >= 15 is 0 Å². The van der Waals surface area contributed by atoms with Crippen molar-refractivity contribution in [3.05, 3.63) is 0 Å². The van der Waals surface area contributed by atoms with Gasteiger partial charge in [-0.15, -0.1) is 0 Å². The molecule has 0 N–H and O–H groups in total. The van der Waals surface area contributed by atoms with Gasteiger partial charge in [0.2, 0.25) is 0 Å². The third kappa shape index (κ3) is 11.3. The van der Waals surface area contributed by atoms with E-state index in [0.29, 0.717) is 0 Å². The van der Waals surface area contributed by atoms with Crippen molar-refractivity contribution in [1.82, 2.24) is 0 Å². The summed E-state index contributed by atoms with van der Waals surface area (Å²) in [6.07, 6.45) is 4.29. The molecule has 0 rings (SSSR count). The van der Waals surface area contributed by atoms with E-state index in [1.165, 1.54) is 0 Å². The third-order valence-electron chi connectivity index (χ3n) is 1.23. The van der Waals surface area contributed by atoms with E-state index < -0.39 is 5.97 Å². The molecule has 3 heteroatoms. The summed E-state index contributed by atoms with van der Waals surface area (Å²) in [5.41, 5.74) is 0. The maximum absolute atomic E-state index is 9.85. The largest absolute Gasteiger partial charge is 1.00 e. The molecule has 0 atom stereocenters. The first-order chi connectivity index (χ1) is 4.27. The number of rotatable bonds is 5. The van der Waals surface area contributed by atoms with Crippen LogP contribution in [0, 0.1) is 0 Å². The zero-order valence-electron chi connectivity index (χ0n) is 6.85. The molecule has 0 aromatic heterocycles. The Labute approximate surface area is 84.3 Å². The molecule has 0 aromatic carbocycles. The number of carbonyl (C=O) groups is 1. The first-order valence-corrected chi connectivity index (χ1v) is 3.47. The van der Waals surface area contributed by atoms with Crippen LogP contribution in [0.5, 0.6) is 0 Å². The third-order valence-corrected chi connectivity index (χ3v) is 1.23. The Morgan fingerprint density at radius 2 is 1.90 bits per heavy atom. The van der Waals surface area contributed by atoms with Crippen LogP contribution in [0.1, 0.15) is 39.0 Å². The van der Waals surface area contributed by atoms with Crippen LogP contribution in [-0.4, -0.2) is 5.97 Å². The zero-order valence-corrected chi connectivity index (χ0v) is 8.85. The predicted molar refractivity (Wildman–Crippen MR) is 33.8 cm³/mol. The molecule has 0 aromatic rings. The number of aliphatic carboxylic acids is 1. The monoisotopic (exact) mass is 154 g/mol. The Hall–Kier alpha value is 0.470. The normalized spacial score (nSPS) is 8.50. The Bertz CT molecular complexity index is 83.7. The van der Waals surface area contributed by atoms with Crippen LogP contribution >= 0.6 is 0 Å². The summed E-state index contributed by atoms with van der Waals surface area (Å²) in [5, 5.41) is 9.85. The molecule has 0 aliphatic rings. The molecule has 54 valence electrons. The molecule has 0 bridgehead atoms. The molecule has 0 amide bonds. The Balaban J connectivity index is 0. The van der Waals surface area contributed by atoms with Gasteiger partial charge in [0, 0.05) is 5.97 Å². The van der Waals surface area contributed by atoms with Gasteiger partial charge in [0.1, 0.15) is 0 Å². The van der Waals surface area contributed by atoms with E-state index in [2.05, 4.69) is 6.92 Å². The first kappa shape index (κ1) is 13.1. The fourth-order valence-corrected chi connectivity index (χ4v) is 0.696. The molecule has 0 spiro atoms. The Kier molecular flexibility index (Phi) is 12.4. The van der Waals surface area contributed by atoms with Gasteiger partial charge in [0.15, 0.2) is 0 Å². The summed E-state index contributed by atoms with van der Waals surface area (Å²) in [6, 6.07) is 0. The van der Waals surface area contributed by atoms with Crippen LogP contribution in [-0.2, 0) is 4.79 Å². The minimum atomic E-state index is -0.925. The van der Waals surface area contributed by atoms with Crippen LogP contribution in [0.4, 0.5) is 0 Å². The predicted octanol–water partition coefficient (Wildman–Crippen LogP) is -2.29. The van der Waals surface area contributed by atoms with Gasteiger partial charge in [-0.1, -0.05) is 26.2 Å². The first-order valence-electron chi connectivity index (χ1n) is 3.47. The van der Waals surface area contributed by atoms with Crippen molar-refractivity contribution >= 4 is 5.97 Å². The van der Waals surface area contributed by atoms with Crippen LogP contribution in [0.2, 0.25) is 0 Å². The number of unbranched alkanes of at least 4 members (excludes halogenated alkanes) is 3. The summed E-state index contributed by atoms with van der Waals surface area (Å²) >= 11 is 0. The number of carboxylic acids is 1. The second kappa shape index (κ2) is 9.47. The SMILES string of the molecule is CCCCCC[14C](=O)[O-].[Na+]. The summed E-state index contributed by atoms with van der Waals surface area (Å²) < 4.78 is 0. The molecule has 0 heterocycles. The van der Waals surface area contributed by atoms with Crippen molar-refractivity contribution in [2.24, 2.45) is 0 Å². The minimum Gasteiger partial charge on any atom is -0.550 e. The van der Waals surface area contributed by atoms with Gasteiger partial charge < -0.3 is 9.90 Å². The number of carboxylic acid groups (broad SMARTS) is 1. The number of hydrogen-bond donors (Lipinski definition) is 0. The molecule has 2 nitrogen and oxygen atoms in total. The fourth-order valence-electron chi connectivity index (χ4n) is 0.696. The average Bonchev–Trinajstić information content (AvgIpc) is 1.80. The molecule has 0 saturated heterocycles. The minimum absolute atomic E-state index is 0. The van der Waals surface area contributed by atoms with E-state index in [1.54, 1.807) is 0 Å². The van der Waals surface area contributed by atoms with Gasteiger partial charge in [-0.3, -0.25) is 0 Å². The van der Waals surface area contributed by atoms with Crippen LogP contribution in [0.3, 0.4) is 0 Å². The molecule has 0 aliphatic carbocycles. The van der Waals surface area contributed by atoms with Gasteiger partial charge in [0.25, 0.3) is 0 Å². The molecule has 0 saturated carbocycles. The van der Waals surface area contributed by atoms with E-state index in [0.717, 1.165) is 25.7 Å². The van der Waals surface area contributed by atoms with Gasteiger partial charge in [-0.2, -0.15) is 0 Å². The fraction of sp³-hybridized carbons (Fsp3) is 0.857. The summed E-state index contributed by atoms with van der Waals surface area (Å²) in [5.74, 6) is -0.925. The second-order valence-corrected chi connectivity index (χ2v) is 2.18. The summed E-state index contributed by atoms with van der Waals surface area (Å²) in [4.78, 5) is 9.85. The Morgan fingerprint density at radius 1 is 1.30 bits per heavy atom. The molecule has 0 radical (unpaired) electrons. The van der Waals surface area contributed by atoms with Crippen molar-refractivity contribution in [3.63, 3.8) is 0 Å². The molecule has 10 heavy (non-hydrogen) atoms. The molecule has 0 unspecified atom stereocenters. The van der Waals surface area contributed by atoms with Crippen molar-refractivity contribution < 1.29 is 39.5 Å². The van der Waals surface area contributed by atoms with E-state index in [1.807, 2.05) is 0 Å². The van der Waals surface area contributed by atoms with E-state index in [-0.39, 0.29) is 36.0 Å². The van der Waals surface area contributed by atoms with Crippen LogP contribution in [0.15, 0.2) is 0 Å². The van der Waals surface area contributed by atoms with Crippen molar-refractivity contribution in [3.8, 4) is 0 Å².